The Bertz CT molecular complexity index is 703. The number of fused-ring (bicyclic) bond motifs is 1. The van der Waals surface area contributed by atoms with Gasteiger partial charge in [-0.15, -0.1) is 0 Å². The molecule has 3 aromatic rings. The molecule has 0 radical (unpaired) electrons. The van der Waals surface area contributed by atoms with Crippen LogP contribution in [0.15, 0.2) is 47.5 Å². The predicted molar refractivity (Wildman–Crippen MR) is 62.3 cm³/mol. The molecule has 0 fully saturated rings. The highest BCUT2D eigenvalue weighted by molar-refractivity contribution is 5.78. The topological polar surface area (TPSA) is 54.8 Å². The molecule has 4 heteroatoms. The van der Waals surface area contributed by atoms with Gasteiger partial charge in [0.2, 0.25) is 0 Å². The van der Waals surface area contributed by atoms with Crippen molar-refractivity contribution in [2.75, 3.05) is 0 Å². The fourth-order valence-corrected chi connectivity index (χ4v) is 1.87. The van der Waals surface area contributed by atoms with Crippen LogP contribution in [0, 0.1) is 11.3 Å². The Labute approximate surface area is 97.7 Å². The molecule has 0 spiro atoms. The molecule has 0 aliphatic heterocycles. The van der Waals surface area contributed by atoms with Crippen molar-refractivity contribution in [3.8, 4) is 6.07 Å². The van der Waals surface area contributed by atoms with Crippen LogP contribution in [0.3, 0.4) is 0 Å². The van der Waals surface area contributed by atoms with Gasteiger partial charge in [0.25, 0.3) is 0 Å². The monoisotopic (exact) mass is 223 g/mol. The molecular formula is C13H9N3O. The molecule has 0 saturated carbocycles. The zero-order valence-corrected chi connectivity index (χ0v) is 9.00. The SMILES string of the molecule is N#Cc1coc(Cn2ccc3cnccc32)c1. The Kier molecular flexibility index (Phi) is 2.16. The number of furan rings is 1. The number of hydrogen-bond donors (Lipinski definition) is 0. The minimum Gasteiger partial charge on any atom is -0.466 e. The summed E-state index contributed by atoms with van der Waals surface area (Å²) >= 11 is 0. The van der Waals surface area contributed by atoms with Crippen molar-refractivity contribution in [3.05, 3.63) is 54.4 Å². The van der Waals surface area contributed by atoms with E-state index in [1.165, 1.54) is 6.26 Å². The Morgan fingerprint density at radius 2 is 2.35 bits per heavy atom. The molecule has 0 N–H and O–H groups in total. The highest BCUT2D eigenvalue weighted by atomic mass is 16.3. The largest absolute Gasteiger partial charge is 0.466 e. The van der Waals surface area contributed by atoms with Crippen molar-refractivity contribution < 1.29 is 4.42 Å². The molecule has 3 heterocycles. The molecule has 4 nitrogen and oxygen atoms in total. The summed E-state index contributed by atoms with van der Waals surface area (Å²) in [5.74, 6) is 0.774. The zero-order chi connectivity index (χ0) is 11.7. The van der Waals surface area contributed by atoms with E-state index < -0.39 is 0 Å². The highest BCUT2D eigenvalue weighted by Gasteiger charge is 2.05. The third-order valence-corrected chi connectivity index (χ3v) is 2.68. The van der Waals surface area contributed by atoms with Gasteiger partial charge in [-0.25, -0.2) is 0 Å². The number of rotatable bonds is 2. The first-order chi connectivity index (χ1) is 8.36. The first-order valence-corrected chi connectivity index (χ1v) is 5.23. The lowest BCUT2D eigenvalue weighted by atomic mass is 10.3. The van der Waals surface area contributed by atoms with Crippen molar-refractivity contribution in [2.45, 2.75) is 6.54 Å². The van der Waals surface area contributed by atoms with Crippen molar-refractivity contribution >= 4 is 10.9 Å². The minimum absolute atomic E-state index is 0.554. The number of nitrogens with zero attached hydrogens (tertiary/aromatic N) is 3. The number of nitriles is 1. The summed E-state index contributed by atoms with van der Waals surface area (Å²) in [6.45, 7) is 0.620. The molecule has 0 amide bonds. The fraction of sp³-hybridized carbons (Fsp3) is 0.0769. The van der Waals surface area contributed by atoms with Crippen LogP contribution in [0.1, 0.15) is 11.3 Å². The molecule has 0 saturated heterocycles. The van der Waals surface area contributed by atoms with Gasteiger partial charge in [0.15, 0.2) is 0 Å². The van der Waals surface area contributed by atoms with Crippen molar-refractivity contribution in [1.82, 2.24) is 9.55 Å². The molecule has 0 aliphatic carbocycles. The number of aromatic nitrogens is 2. The second-order valence-corrected chi connectivity index (χ2v) is 3.79. The lowest BCUT2D eigenvalue weighted by Crippen LogP contribution is -1.96. The first-order valence-electron chi connectivity index (χ1n) is 5.23. The Balaban J connectivity index is 1.97. The number of hydrogen-bond acceptors (Lipinski definition) is 3. The third kappa shape index (κ3) is 1.68. The molecule has 17 heavy (non-hydrogen) atoms. The summed E-state index contributed by atoms with van der Waals surface area (Å²) in [6.07, 6.45) is 7.06. The summed E-state index contributed by atoms with van der Waals surface area (Å²) in [5, 5.41) is 9.82. The van der Waals surface area contributed by atoms with E-state index in [2.05, 4.69) is 15.6 Å². The van der Waals surface area contributed by atoms with Crippen LogP contribution in [0.2, 0.25) is 0 Å². The smallest absolute Gasteiger partial charge is 0.124 e. The molecule has 82 valence electrons. The molecule has 0 unspecified atom stereocenters. The number of pyridine rings is 1. The van der Waals surface area contributed by atoms with Gasteiger partial charge in [0.1, 0.15) is 18.1 Å². The standard InChI is InChI=1S/C13H9N3O/c14-6-10-5-12(17-9-10)8-16-4-2-11-7-15-3-1-13(11)16/h1-5,7,9H,8H2. The second kappa shape index (κ2) is 3.80. The van der Waals surface area contributed by atoms with E-state index in [0.717, 1.165) is 16.7 Å². The summed E-state index contributed by atoms with van der Waals surface area (Å²) < 4.78 is 7.39. The third-order valence-electron chi connectivity index (χ3n) is 2.68. The van der Waals surface area contributed by atoms with E-state index in [1.54, 1.807) is 12.3 Å². The van der Waals surface area contributed by atoms with Crippen molar-refractivity contribution in [1.29, 1.82) is 5.26 Å². The summed E-state index contributed by atoms with van der Waals surface area (Å²) in [7, 11) is 0. The first kappa shape index (κ1) is 9.67. The average Bonchev–Trinajstić information content (AvgIpc) is 2.97. The maximum Gasteiger partial charge on any atom is 0.124 e. The van der Waals surface area contributed by atoms with E-state index in [1.807, 2.05) is 24.5 Å². The van der Waals surface area contributed by atoms with Crippen LogP contribution in [-0.4, -0.2) is 9.55 Å². The fourth-order valence-electron chi connectivity index (χ4n) is 1.87. The van der Waals surface area contributed by atoms with Crippen LogP contribution in [0.25, 0.3) is 10.9 Å². The van der Waals surface area contributed by atoms with Crippen molar-refractivity contribution in [2.24, 2.45) is 0 Å². The molecule has 3 rings (SSSR count). The molecule has 0 atom stereocenters. The van der Waals surface area contributed by atoms with Crippen LogP contribution in [0.4, 0.5) is 0 Å². The summed E-state index contributed by atoms with van der Waals surface area (Å²) in [5.41, 5.74) is 1.66. The van der Waals surface area contributed by atoms with Crippen LogP contribution < -0.4 is 0 Å². The Morgan fingerprint density at radius 3 is 3.18 bits per heavy atom. The van der Waals surface area contributed by atoms with E-state index in [0.29, 0.717) is 12.1 Å². The van der Waals surface area contributed by atoms with E-state index in [9.17, 15) is 0 Å². The normalized spacial score (nSPS) is 10.5. The highest BCUT2D eigenvalue weighted by Crippen LogP contribution is 2.16. The van der Waals surface area contributed by atoms with Crippen molar-refractivity contribution in [3.63, 3.8) is 0 Å². The second-order valence-electron chi connectivity index (χ2n) is 3.79. The lowest BCUT2D eigenvalue weighted by molar-refractivity contribution is 0.496. The van der Waals surface area contributed by atoms with Gasteiger partial charge in [0.05, 0.1) is 17.6 Å². The quantitative estimate of drug-likeness (QED) is 0.670. The minimum atomic E-state index is 0.554. The molecule has 0 aromatic carbocycles. The Hall–Kier alpha value is -2.54. The lowest BCUT2D eigenvalue weighted by Gasteiger charge is -2.01. The average molecular weight is 223 g/mol. The zero-order valence-electron chi connectivity index (χ0n) is 9.00. The summed E-state index contributed by atoms with van der Waals surface area (Å²) in [6, 6.07) is 7.78. The van der Waals surface area contributed by atoms with Gasteiger partial charge in [-0.05, 0) is 18.2 Å². The molecule has 0 bridgehead atoms. The molecule has 3 aromatic heterocycles. The maximum atomic E-state index is 8.72. The van der Waals surface area contributed by atoms with Gasteiger partial charge in [-0.1, -0.05) is 0 Å². The Morgan fingerprint density at radius 1 is 1.41 bits per heavy atom. The van der Waals surface area contributed by atoms with E-state index >= 15 is 0 Å². The maximum absolute atomic E-state index is 8.72. The summed E-state index contributed by atoms with van der Waals surface area (Å²) in [4.78, 5) is 4.07. The van der Waals surface area contributed by atoms with E-state index in [-0.39, 0.29) is 0 Å². The molecule has 0 aliphatic rings. The van der Waals surface area contributed by atoms with Crippen LogP contribution >= 0.6 is 0 Å². The van der Waals surface area contributed by atoms with Gasteiger partial charge < -0.3 is 8.98 Å². The molecular weight excluding hydrogens is 214 g/mol. The van der Waals surface area contributed by atoms with Gasteiger partial charge in [-0.3, -0.25) is 4.98 Å². The van der Waals surface area contributed by atoms with Crippen LogP contribution in [-0.2, 0) is 6.54 Å². The van der Waals surface area contributed by atoms with Gasteiger partial charge in [-0.2, -0.15) is 5.26 Å². The van der Waals surface area contributed by atoms with Crippen LogP contribution in [0.5, 0.6) is 0 Å². The van der Waals surface area contributed by atoms with Gasteiger partial charge >= 0.3 is 0 Å². The van der Waals surface area contributed by atoms with Gasteiger partial charge in [0, 0.05) is 24.0 Å². The predicted octanol–water partition coefficient (Wildman–Crippen LogP) is 2.55. The van der Waals surface area contributed by atoms with E-state index in [4.69, 9.17) is 9.68 Å².